The first-order valence-electron chi connectivity index (χ1n) is 4.16. The largest absolute Gasteiger partial charge is 0.380 e. The molecule has 1 N–H and O–H groups in total. The number of nitroso groups, excluding NO2 is 1. The first-order chi connectivity index (χ1) is 6.86. The van der Waals surface area contributed by atoms with Crippen molar-refractivity contribution in [3.63, 3.8) is 0 Å². The van der Waals surface area contributed by atoms with Gasteiger partial charge in [-0.1, -0.05) is 18.2 Å². The molecule has 0 bridgehead atoms. The van der Waals surface area contributed by atoms with Crippen LogP contribution in [0.2, 0.25) is 0 Å². The highest BCUT2D eigenvalue weighted by molar-refractivity contribution is 5.82. The highest BCUT2D eigenvalue weighted by Crippen LogP contribution is 2.30. The van der Waals surface area contributed by atoms with Crippen LogP contribution in [0, 0.1) is 16.2 Å². The molecule has 0 aromatic heterocycles. The lowest BCUT2D eigenvalue weighted by molar-refractivity contribution is 1.20. The SMILES string of the molecule is N#CC1=C(N=O)c2ccccc2NC1. The van der Waals surface area contributed by atoms with Crippen molar-refractivity contribution in [2.45, 2.75) is 0 Å². The summed E-state index contributed by atoms with van der Waals surface area (Å²) in [4.78, 5) is 10.6. The number of nitrogens with one attached hydrogen (secondary N) is 1. The fourth-order valence-corrected chi connectivity index (χ4v) is 1.47. The lowest BCUT2D eigenvalue weighted by Gasteiger charge is -2.16. The zero-order valence-corrected chi connectivity index (χ0v) is 7.32. The van der Waals surface area contributed by atoms with Crippen LogP contribution in [-0.4, -0.2) is 6.54 Å². The van der Waals surface area contributed by atoms with Gasteiger partial charge in [-0.15, -0.1) is 4.91 Å². The van der Waals surface area contributed by atoms with Crippen molar-refractivity contribution >= 4 is 11.4 Å². The summed E-state index contributed by atoms with van der Waals surface area (Å²) in [5.41, 5.74) is 2.19. The summed E-state index contributed by atoms with van der Waals surface area (Å²) in [6.45, 7) is 0.370. The third-order valence-electron chi connectivity index (χ3n) is 2.15. The number of rotatable bonds is 1. The maximum Gasteiger partial charge on any atom is 0.132 e. The smallest absolute Gasteiger partial charge is 0.132 e. The van der Waals surface area contributed by atoms with E-state index in [4.69, 9.17) is 5.26 Å². The van der Waals surface area contributed by atoms with Gasteiger partial charge in [-0.05, 0) is 11.2 Å². The molecule has 1 heterocycles. The van der Waals surface area contributed by atoms with Gasteiger partial charge >= 0.3 is 0 Å². The maximum atomic E-state index is 10.6. The maximum absolute atomic E-state index is 10.6. The highest BCUT2D eigenvalue weighted by atomic mass is 16.3. The summed E-state index contributed by atoms with van der Waals surface area (Å²) in [5.74, 6) is 0. The van der Waals surface area contributed by atoms with Crippen molar-refractivity contribution in [2.75, 3.05) is 11.9 Å². The van der Waals surface area contributed by atoms with Crippen molar-refractivity contribution in [1.29, 1.82) is 5.26 Å². The molecule has 0 spiro atoms. The Kier molecular flexibility index (Phi) is 1.99. The number of hydrogen-bond donors (Lipinski definition) is 1. The molecular formula is C10H7N3O. The van der Waals surface area contributed by atoms with E-state index >= 15 is 0 Å². The van der Waals surface area contributed by atoms with E-state index < -0.39 is 0 Å². The van der Waals surface area contributed by atoms with Crippen LogP contribution in [0.15, 0.2) is 35.0 Å². The van der Waals surface area contributed by atoms with Gasteiger partial charge in [0.2, 0.25) is 0 Å². The van der Waals surface area contributed by atoms with E-state index in [0.717, 1.165) is 5.69 Å². The minimum atomic E-state index is 0.252. The lowest BCUT2D eigenvalue weighted by atomic mass is 10.0. The molecule has 4 nitrogen and oxygen atoms in total. The summed E-state index contributed by atoms with van der Waals surface area (Å²) >= 11 is 0. The Hall–Kier alpha value is -2.15. The Labute approximate surface area is 80.8 Å². The number of benzene rings is 1. The molecule has 0 fully saturated rings. The summed E-state index contributed by atoms with van der Waals surface area (Å²) < 4.78 is 0. The molecule has 14 heavy (non-hydrogen) atoms. The van der Waals surface area contributed by atoms with Crippen LogP contribution in [0.1, 0.15) is 5.56 Å². The zero-order chi connectivity index (χ0) is 9.97. The molecule has 0 amide bonds. The van der Waals surface area contributed by atoms with E-state index in [1.165, 1.54) is 0 Å². The van der Waals surface area contributed by atoms with E-state index in [2.05, 4.69) is 10.5 Å². The lowest BCUT2D eigenvalue weighted by Crippen LogP contribution is -2.12. The highest BCUT2D eigenvalue weighted by Gasteiger charge is 2.18. The zero-order valence-electron chi connectivity index (χ0n) is 7.32. The predicted molar refractivity (Wildman–Crippen MR) is 53.3 cm³/mol. The van der Waals surface area contributed by atoms with E-state index in [-0.39, 0.29) is 5.70 Å². The van der Waals surface area contributed by atoms with Crippen molar-refractivity contribution in [3.8, 4) is 6.07 Å². The fourth-order valence-electron chi connectivity index (χ4n) is 1.47. The van der Waals surface area contributed by atoms with Crippen LogP contribution >= 0.6 is 0 Å². The molecule has 1 aliphatic heterocycles. The van der Waals surface area contributed by atoms with Gasteiger partial charge in [0.05, 0.1) is 18.2 Å². The quantitative estimate of drug-likeness (QED) is 0.681. The number of fused-ring (bicyclic) bond motifs is 1. The first-order valence-corrected chi connectivity index (χ1v) is 4.16. The number of anilines is 1. The van der Waals surface area contributed by atoms with Gasteiger partial charge in [-0.25, -0.2) is 0 Å². The predicted octanol–water partition coefficient (Wildman–Crippen LogP) is 2.11. The molecule has 1 aromatic rings. The Morgan fingerprint density at radius 2 is 2.21 bits per heavy atom. The second kappa shape index (κ2) is 3.30. The van der Waals surface area contributed by atoms with Crippen molar-refractivity contribution in [3.05, 3.63) is 40.3 Å². The molecule has 0 unspecified atom stereocenters. The molecule has 4 heteroatoms. The number of para-hydroxylation sites is 1. The molecule has 0 saturated carbocycles. The van der Waals surface area contributed by atoms with Gasteiger partial charge in [0.15, 0.2) is 0 Å². The van der Waals surface area contributed by atoms with E-state index in [1.807, 2.05) is 24.3 Å². The number of nitrogens with zero attached hydrogens (tertiary/aromatic N) is 2. The van der Waals surface area contributed by atoms with Crippen LogP contribution in [0.5, 0.6) is 0 Å². The molecule has 0 radical (unpaired) electrons. The molecule has 1 aromatic carbocycles. The average Bonchev–Trinajstić information content (AvgIpc) is 2.27. The van der Waals surface area contributed by atoms with Crippen LogP contribution in [-0.2, 0) is 0 Å². The summed E-state index contributed by atoms with van der Waals surface area (Å²) in [6, 6.07) is 9.28. The topological polar surface area (TPSA) is 65.2 Å². The Bertz CT molecular complexity index is 457. The van der Waals surface area contributed by atoms with Gasteiger partial charge in [0, 0.05) is 11.3 Å². The standard InChI is InChI=1S/C10H7N3O/c11-5-7-6-12-9-4-2-1-3-8(9)10(7)13-14/h1-4,12H,6H2. The fraction of sp³-hybridized carbons (Fsp3) is 0.100. The normalized spacial score (nSPS) is 13.9. The van der Waals surface area contributed by atoms with Crippen LogP contribution in [0.3, 0.4) is 0 Å². The Balaban J connectivity index is 2.65. The van der Waals surface area contributed by atoms with E-state index in [1.54, 1.807) is 6.07 Å². The molecule has 1 aliphatic rings. The summed E-state index contributed by atoms with van der Waals surface area (Å²) in [6.07, 6.45) is 0. The van der Waals surface area contributed by atoms with Crippen molar-refractivity contribution < 1.29 is 0 Å². The monoisotopic (exact) mass is 185 g/mol. The van der Waals surface area contributed by atoms with Gasteiger partial charge in [-0.3, -0.25) is 0 Å². The van der Waals surface area contributed by atoms with Crippen LogP contribution < -0.4 is 5.32 Å². The van der Waals surface area contributed by atoms with Gasteiger partial charge in [0.1, 0.15) is 5.70 Å². The van der Waals surface area contributed by atoms with E-state index in [9.17, 15) is 4.91 Å². The summed E-state index contributed by atoms with van der Waals surface area (Å²) in [7, 11) is 0. The molecule has 2 rings (SSSR count). The molecular weight excluding hydrogens is 178 g/mol. The second-order valence-corrected chi connectivity index (χ2v) is 2.93. The first kappa shape index (κ1) is 8.45. The molecule has 0 aliphatic carbocycles. The second-order valence-electron chi connectivity index (χ2n) is 2.93. The summed E-state index contributed by atoms with van der Waals surface area (Å²) in [5, 5.41) is 14.7. The van der Waals surface area contributed by atoms with Crippen molar-refractivity contribution in [2.24, 2.45) is 5.18 Å². The van der Waals surface area contributed by atoms with E-state index in [0.29, 0.717) is 17.7 Å². The van der Waals surface area contributed by atoms with Crippen LogP contribution in [0.25, 0.3) is 5.70 Å². The third-order valence-corrected chi connectivity index (χ3v) is 2.15. The third kappa shape index (κ3) is 1.15. The van der Waals surface area contributed by atoms with Gasteiger partial charge in [0.25, 0.3) is 0 Å². The van der Waals surface area contributed by atoms with Crippen molar-refractivity contribution in [1.82, 2.24) is 0 Å². The van der Waals surface area contributed by atoms with Gasteiger partial charge < -0.3 is 5.32 Å². The number of nitriles is 1. The molecule has 0 atom stereocenters. The average molecular weight is 185 g/mol. The van der Waals surface area contributed by atoms with Crippen LogP contribution in [0.4, 0.5) is 5.69 Å². The number of hydrogen-bond acceptors (Lipinski definition) is 4. The minimum Gasteiger partial charge on any atom is -0.380 e. The molecule has 0 saturated heterocycles. The Morgan fingerprint density at radius 3 is 2.93 bits per heavy atom. The Morgan fingerprint density at radius 1 is 1.43 bits per heavy atom. The van der Waals surface area contributed by atoms with Gasteiger partial charge in [-0.2, -0.15) is 5.26 Å². The minimum absolute atomic E-state index is 0.252. The molecule has 68 valence electrons.